The molecule has 6 nitrogen and oxygen atoms in total. The summed E-state index contributed by atoms with van der Waals surface area (Å²) < 4.78 is 1.92. The zero-order chi connectivity index (χ0) is 23.9. The molecule has 3 aromatic carbocycles. The molecule has 1 amide bonds. The summed E-state index contributed by atoms with van der Waals surface area (Å²) in [6.45, 7) is 4.30. The van der Waals surface area contributed by atoms with E-state index in [-0.39, 0.29) is 11.7 Å². The van der Waals surface area contributed by atoms with Gasteiger partial charge in [-0.1, -0.05) is 91.8 Å². The lowest BCUT2D eigenvalue weighted by Crippen LogP contribution is -2.20. The summed E-state index contributed by atoms with van der Waals surface area (Å²) in [4.78, 5) is 12.4. The predicted molar refractivity (Wildman–Crippen MR) is 139 cm³/mol. The number of benzene rings is 3. The minimum Gasteiger partial charge on any atom is -0.272 e. The molecule has 1 aromatic heterocycles. The molecule has 4 rings (SSSR count). The van der Waals surface area contributed by atoms with Crippen molar-refractivity contribution in [1.29, 1.82) is 0 Å². The van der Waals surface area contributed by atoms with Crippen LogP contribution in [0.3, 0.4) is 0 Å². The number of hydrazone groups is 1. The molecule has 0 radical (unpaired) electrons. The van der Waals surface area contributed by atoms with Crippen LogP contribution in [0, 0.1) is 0 Å². The van der Waals surface area contributed by atoms with Gasteiger partial charge in [-0.3, -0.25) is 9.36 Å². The highest BCUT2D eigenvalue weighted by Crippen LogP contribution is 2.28. The number of nitrogens with one attached hydrogen (secondary N) is 1. The number of amides is 1. The molecule has 0 aliphatic heterocycles. The molecule has 0 saturated carbocycles. The monoisotopic (exact) mass is 489 g/mol. The predicted octanol–water partition coefficient (Wildman–Crippen LogP) is 5.95. The second-order valence-corrected chi connectivity index (χ2v) is 9.27. The lowest BCUT2D eigenvalue weighted by atomic mass is 10.0. The third-order valence-electron chi connectivity index (χ3n) is 5.09. The Labute approximate surface area is 208 Å². The van der Waals surface area contributed by atoms with E-state index < -0.39 is 0 Å². The number of hydrogen-bond acceptors (Lipinski definition) is 5. The Kier molecular flexibility index (Phi) is 7.77. The third-order valence-corrected chi connectivity index (χ3v) is 6.27. The molecule has 0 fully saturated rings. The highest BCUT2D eigenvalue weighted by atomic mass is 35.5. The van der Waals surface area contributed by atoms with Crippen molar-refractivity contribution in [2.45, 2.75) is 24.9 Å². The van der Waals surface area contributed by atoms with Gasteiger partial charge < -0.3 is 0 Å². The van der Waals surface area contributed by atoms with Crippen LogP contribution in [0.5, 0.6) is 0 Å². The zero-order valence-electron chi connectivity index (χ0n) is 18.9. The van der Waals surface area contributed by atoms with Crippen LogP contribution in [0.4, 0.5) is 0 Å². The van der Waals surface area contributed by atoms with Crippen molar-refractivity contribution in [2.24, 2.45) is 5.10 Å². The largest absolute Gasteiger partial charge is 0.272 e. The average Bonchev–Trinajstić information content (AvgIpc) is 3.28. The van der Waals surface area contributed by atoms with E-state index in [0.717, 1.165) is 16.8 Å². The maximum atomic E-state index is 12.4. The Morgan fingerprint density at radius 1 is 1.03 bits per heavy atom. The molecule has 0 aliphatic carbocycles. The summed E-state index contributed by atoms with van der Waals surface area (Å²) in [5, 5.41) is 14.0. The van der Waals surface area contributed by atoms with Crippen LogP contribution in [0.1, 0.15) is 30.9 Å². The second kappa shape index (κ2) is 11.1. The molecule has 1 N–H and O–H groups in total. The van der Waals surface area contributed by atoms with Crippen LogP contribution in [0.2, 0.25) is 5.02 Å². The lowest BCUT2D eigenvalue weighted by Gasteiger charge is -2.10. The Bertz CT molecular complexity index is 1270. The first kappa shape index (κ1) is 23.7. The lowest BCUT2D eigenvalue weighted by molar-refractivity contribution is -0.118. The summed E-state index contributed by atoms with van der Waals surface area (Å²) in [6, 6.07) is 25.3. The topological polar surface area (TPSA) is 72.2 Å². The summed E-state index contributed by atoms with van der Waals surface area (Å²) in [7, 11) is 0. The van der Waals surface area contributed by atoms with Gasteiger partial charge in [0, 0.05) is 16.3 Å². The molecule has 1 heterocycles. The van der Waals surface area contributed by atoms with Gasteiger partial charge in [-0.15, -0.1) is 10.2 Å². The average molecular weight is 490 g/mol. The second-order valence-electron chi connectivity index (χ2n) is 7.89. The van der Waals surface area contributed by atoms with Crippen LogP contribution in [0.15, 0.2) is 89.1 Å². The number of hydrogen-bond donors (Lipinski definition) is 1. The van der Waals surface area contributed by atoms with Crippen molar-refractivity contribution >= 4 is 35.5 Å². The van der Waals surface area contributed by atoms with Crippen LogP contribution in [0.25, 0.3) is 17.1 Å². The van der Waals surface area contributed by atoms with Gasteiger partial charge in [-0.2, -0.15) is 5.10 Å². The van der Waals surface area contributed by atoms with E-state index in [9.17, 15) is 4.79 Å². The quantitative estimate of drug-likeness (QED) is 0.188. The molecule has 8 heteroatoms. The fourth-order valence-electron chi connectivity index (χ4n) is 3.27. The molecule has 0 saturated heterocycles. The van der Waals surface area contributed by atoms with Gasteiger partial charge in [0.15, 0.2) is 11.0 Å². The minimum absolute atomic E-state index is 0.143. The first-order chi connectivity index (χ1) is 16.5. The highest BCUT2D eigenvalue weighted by molar-refractivity contribution is 7.99. The van der Waals surface area contributed by atoms with Gasteiger partial charge >= 0.3 is 0 Å². The fraction of sp³-hybridized carbons (Fsp3) is 0.154. The Hall–Kier alpha value is -3.42. The number of rotatable bonds is 8. The number of halogens is 1. The first-order valence-corrected chi connectivity index (χ1v) is 12.2. The van der Waals surface area contributed by atoms with Crippen LogP contribution >= 0.6 is 23.4 Å². The normalized spacial score (nSPS) is 11.3. The Balaban J connectivity index is 1.45. The van der Waals surface area contributed by atoms with E-state index in [2.05, 4.69) is 46.7 Å². The maximum Gasteiger partial charge on any atom is 0.250 e. The summed E-state index contributed by atoms with van der Waals surface area (Å²) in [5.74, 6) is 1.07. The smallest absolute Gasteiger partial charge is 0.250 e. The molecule has 0 atom stereocenters. The van der Waals surface area contributed by atoms with Crippen LogP contribution in [-0.4, -0.2) is 32.6 Å². The standard InChI is InChI=1S/C26H24ClN5OS/c1-18(2)20-10-8-19(9-11-20)16-28-29-24(33)17-34-26-31-30-25(21-6-4-3-5-7-21)32(26)23-14-12-22(27)13-15-23/h3-16,18H,17H2,1-2H3,(H,29,33). The summed E-state index contributed by atoms with van der Waals surface area (Å²) in [5.41, 5.74) is 6.55. The Morgan fingerprint density at radius 2 is 1.74 bits per heavy atom. The minimum atomic E-state index is -0.230. The Morgan fingerprint density at radius 3 is 2.41 bits per heavy atom. The van der Waals surface area contributed by atoms with Crippen molar-refractivity contribution in [3.63, 3.8) is 0 Å². The van der Waals surface area contributed by atoms with E-state index in [1.165, 1.54) is 17.3 Å². The van der Waals surface area contributed by atoms with Crippen LogP contribution < -0.4 is 5.43 Å². The highest BCUT2D eigenvalue weighted by Gasteiger charge is 2.17. The molecular weight excluding hydrogens is 466 g/mol. The summed E-state index contributed by atoms with van der Waals surface area (Å²) in [6.07, 6.45) is 1.64. The zero-order valence-corrected chi connectivity index (χ0v) is 20.4. The SMILES string of the molecule is CC(C)c1ccc(C=NNC(=O)CSc2nnc(-c3ccccc3)n2-c2ccc(Cl)cc2)cc1. The molecule has 34 heavy (non-hydrogen) atoms. The number of nitrogens with zero attached hydrogens (tertiary/aromatic N) is 4. The number of thioether (sulfide) groups is 1. The fourth-order valence-corrected chi connectivity index (χ4v) is 4.14. The van der Waals surface area contributed by atoms with Gasteiger partial charge in [0.05, 0.1) is 12.0 Å². The van der Waals surface area contributed by atoms with E-state index in [1.54, 1.807) is 6.21 Å². The van der Waals surface area contributed by atoms with E-state index in [1.807, 2.05) is 71.3 Å². The van der Waals surface area contributed by atoms with Gasteiger partial charge in [0.1, 0.15) is 0 Å². The van der Waals surface area contributed by atoms with Gasteiger partial charge in [-0.25, -0.2) is 5.43 Å². The third kappa shape index (κ3) is 5.92. The van der Waals surface area contributed by atoms with Gasteiger partial charge in [0.25, 0.3) is 5.91 Å². The maximum absolute atomic E-state index is 12.4. The van der Waals surface area contributed by atoms with Crippen LogP contribution in [-0.2, 0) is 4.79 Å². The molecule has 4 aromatic rings. The van der Waals surface area contributed by atoms with Crippen molar-refractivity contribution in [2.75, 3.05) is 5.75 Å². The number of carbonyl (C=O) groups excluding carboxylic acids is 1. The van der Waals surface area contributed by atoms with Crippen molar-refractivity contribution in [1.82, 2.24) is 20.2 Å². The first-order valence-electron chi connectivity index (χ1n) is 10.8. The molecule has 0 bridgehead atoms. The molecule has 172 valence electrons. The molecule has 0 unspecified atom stereocenters. The van der Waals surface area contributed by atoms with Gasteiger partial charge in [0.2, 0.25) is 0 Å². The summed E-state index contributed by atoms with van der Waals surface area (Å²) >= 11 is 7.37. The molecule has 0 aliphatic rings. The van der Waals surface area contributed by atoms with Crippen molar-refractivity contribution in [3.8, 4) is 17.1 Å². The van der Waals surface area contributed by atoms with E-state index in [4.69, 9.17) is 11.6 Å². The number of aromatic nitrogens is 3. The van der Waals surface area contributed by atoms with Gasteiger partial charge in [-0.05, 0) is 41.3 Å². The molecule has 0 spiro atoms. The van der Waals surface area contributed by atoms with Crippen molar-refractivity contribution in [3.05, 3.63) is 95.0 Å². The van der Waals surface area contributed by atoms with E-state index >= 15 is 0 Å². The number of carbonyl (C=O) groups is 1. The van der Waals surface area contributed by atoms with Crippen molar-refractivity contribution < 1.29 is 4.79 Å². The molecular formula is C26H24ClN5OS. The van der Waals surface area contributed by atoms with E-state index in [0.29, 0.717) is 21.9 Å².